The summed E-state index contributed by atoms with van der Waals surface area (Å²) in [4.78, 5) is 20.8. The van der Waals surface area contributed by atoms with Crippen LogP contribution in [0.15, 0.2) is 83.9 Å². The Labute approximate surface area is 204 Å². The van der Waals surface area contributed by atoms with Crippen molar-refractivity contribution in [3.63, 3.8) is 0 Å². The van der Waals surface area contributed by atoms with Gasteiger partial charge in [-0.05, 0) is 55.0 Å². The Morgan fingerprint density at radius 3 is 2.29 bits per heavy atom. The Balaban J connectivity index is 1.22. The zero-order valence-electron chi connectivity index (χ0n) is 19.1. The van der Waals surface area contributed by atoms with Gasteiger partial charge in [-0.1, -0.05) is 48.5 Å². The van der Waals surface area contributed by atoms with Crippen LogP contribution >= 0.6 is 0 Å². The molecule has 1 aliphatic carbocycles. The van der Waals surface area contributed by atoms with E-state index in [2.05, 4.69) is 9.97 Å². The van der Waals surface area contributed by atoms with Gasteiger partial charge in [-0.15, -0.1) is 0 Å². The van der Waals surface area contributed by atoms with Crippen LogP contribution in [0.2, 0.25) is 0 Å². The van der Waals surface area contributed by atoms with Crippen LogP contribution in [-0.4, -0.2) is 47.3 Å². The van der Waals surface area contributed by atoms with Crippen molar-refractivity contribution in [3.8, 4) is 0 Å². The normalized spacial score (nSPS) is 17.8. The Bertz CT molecular complexity index is 1420. The first-order chi connectivity index (χ1) is 16.9. The fourth-order valence-corrected chi connectivity index (χ4v) is 6.12. The first-order valence-electron chi connectivity index (χ1n) is 11.6. The number of ketones is 1. The second-order valence-electron chi connectivity index (χ2n) is 8.88. The summed E-state index contributed by atoms with van der Waals surface area (Å²) in [5, 5.41) is 8.45. The maximum Gasteiger partial charge on any atom is 0.243 e. The maximum atomic E-state index is 12.9. The van der Waals surface area contributed by atoms with Crippen LogP contribution < -0.4 is 0 Å². The number of hydrogen-bond donors (Lipinski definition) is 2. The molecule has 2 aromatic carbocycles. The molecule has 2 aliphatic rings. The van der Waals surface area contributed by atoms with E-state index in [-0.39, 0.29) is 11.5 Å². The van der Waals surface area contributed by atoms with Crippen molar-refractivity contribution in [3.05, 3.63) is 96.1 Å². The second kappa shape index (κ2) is 9.56. The molecule has 1 aromatic heterocycles. The van der Waals surface area contributed by atoms with Crippen LogP contribution in [0.5, 0.6) is 0 Å². The van der Waals surface area contributed by atoms with E-state index in [1.165, 1.54) is 6.08 Å². The molecule has 8 heteroatoms. The number of allylic oxidation sites excluding steroid dienone is 4. The van der Waals surface area contributed by atoms with Crippen LogP contribution in [-0.2, 0) is 21.2 Å². The van der Waals surface area contributed by atoms with E-state index in [4.69, 9.17) is 5.41 Å². The summed E-state index contributed by atoms with van der Waals surface area (Å²) in [6.45, 7) is 0.973. The lowest BCUT2D eigenvalue weighted by molar-refractivity contribution is -0.109. The number of aromatic amines is 1. The fourth-order valence-electron chi connectivity index (χ4n) is 4.63. The van der Waals surface area contributed by atoms with Gasteiger partial charge in [0.2, 0.25) is 10.0 Å². The van der Waals surface area contributed by atoms with Gasteiger partial charge in [0.25, 0.3) is 0 Å². The summed E-state index contributed by atoms with van der Waals surface area (Å²) in [6.07, 6.45) is 7.09. The highest BCUT2D eigenvalue weighted by molar-refractivity contribution is 7.89. The summed E-state index contributed by atoms with van der Waals surface area (Å²) in [5.74, 6) is 0.689. The Morgan fingerprint density at radius 1 is 0.943 bits per heavy atom. The Hall–Kier alpha value is -3.62. The third-order valence-electron chi connectivity index (χ3n) is 6.55. The topological polar surface area (TPSA) is 107 Å². The third-order valence-corrected chi connectivity index (χ3v) is 8.46. The molecule has 7 nitrogen and oxygen atoms in total. The number of nitrogens with one attached hydrogen (secondary N) is 2. The number of imidazole rings is 1. The van der Waals surface area contributed by atoms with Crippen LogP contribution in [0.1, 0.15) is 29.9 Å². The van der Waals surface area contributed by atoms with Gasteiger partial charge >= 0.3 is 0 Å². The largest absolute Gasteiger partial charge is 0.342 e. The predicted octanol–water partition coefficient (Wildman–Crippen LogP) is 4.12. The number of hydrogen-bond acceptors (Lipinski definition) is 5. The summed E-state index contributed by atoms with van der Waals surface area (Å²) < 4.78 is 27.3. The quantitative estimate of drug-likeness (QED) is 0.511. The standard InChI is InChI=1S/C27H26N4O3S/c28-25-16-23(20-7-3-1-4-8-20)26(32)17-24(25)27-29-18-21(30-27)15-19-11-13-31(14-12-19)35(33,34)22-9-5-2-6-10-22/h1-10,16-19,28H,11-15H2,(H,29,30). The van der Waals surface area contributed by atoms with E-state index < -0.39 is 10.0 Å². The minimum atomic E-state index is -3.46. The minimum Gasteiger partial charge on any atom is -0.342 e. The summed E-state index contributed by atoms with van der Waals surface area (Å²) in [6, 6.07) is 17.9. The number of nitrogens with zero attached hydrogens (tertiary/aromatic N) is 2. The van der Waals surface area contributed by atoms with Crippen LogP contribution in [0, 0.1) is 11.3 Å². The molecule has 1 aliphatic heterocycles. The fraction of sp³-hybridized carbons (Fsp3) is 0.222. The number of piperidine rings is 1. The van der Waals surface area contributed by atoms with Crippen molar-refractivity contribution in [2.45, 2.75) is 24.2 Å². The van der Waals surface area contributed by atoms with Gasteiger partial charge in [0.05, 0.1) is 10.6 Å². The molecule has 0 atom stereocenters. The van der Waals surface area contributed by atoms with Gasteiger partial charge in [-0.2, -0.15) is 4.31 Å². The molecule has 0 amide bonds. The van der Waals surface area contributed by atoms with Crippen molar-refractivity contribution in [1.82, 2.24) is 14.3 Å². The number of sulfonamides is 1. The average molecular weight is 487 g/mol. The molecule has 0 bridgehead atoms. The lowest BCUT2D eigenvalue weighted by Gasteiger charge is -2.31. The van der Waals surface area contributed by atoms with Gasteiger partial charge < -0.3 is 10.4 Å². The summed E-state index contributed by atoms with van der Waals surface area (Å²) >= 11 is 0. The molecule has 35 heavy (non-hydrogen) atoms. The van der Waals surface area contributed by atoms with Crippen molar-refractivity contribution in [1.29, 1.82) is 5.41 Å². The van der Waals surface area contributed by atoms with Gasteiger partial charge in [-0.25, -0.2) is 13.4 Å². The van der Waals surface area contributed by atoms with Crippen LogP contribution in [0.25, 0.3) is 11.1 Å². The Kier molecular flexibility index (Phi) is 6.32. The highest BCUT2D eigenvalue weighted by Gasteiger charge is 2.30. The number of aromatic nitrogens is 2. The van der Waals surface area contributed by atoms with E-state index in [0.29, 0.717) is 40.9 Å². The van der Waals surface area contributed by atoms with Crippen molar-refractivity contribution >= 4 is 32.7 Å². The number of carbonyl (C=O) groups is 1. The summed E-state index contributed by atoms with van der Waals surface area (Å²) in [5.41, 5.74) is 2.93. The Morgan fingerprint density at radius 2 is 1.60 bits per heavy atom. The third kappa shape index (κ3) is 4.80. The molecule has 3 aromatic rings. The second-order valence-corrected chi connectivity index (χ2v) is 10.8. The van der Waals surface area contributed by atoms with Crippen LogP contribution in [0.4, 0.5) is 0 Å². The zero-order chi connectivity index (χ0) is 24.4. The molecule has 0 spiro atoms. The molecule has 2 heterocycles. The van der Waals surface area contributed by atoms with Crippen LogP contribution in [0.3, 0.4) is 0 Å². The van der Waals surface area contributed by atoms with E-state index in [1.807, 2.05) is 36.4 Å². The van der Waals surface area contributed by atoms with Gasteiger partial charge in [-0.3, -0.25) is 4.79 Å². The average Bonchev–Trinajstić information content (AvgIpc) is 3.34. The number of rotatable bonds is 6. The first kappa shape index (κ1) is 23.1. The molecule has 0 radical (unpaired) electrons. The van der Waals surface area contributed by atoms with Gasteiger partial charge in [0, 0.05) is 36.1 Å². The first-order valence-corrected chi connectivity index (χ1v) is 13.1. The number of carbonyl (C=O) groups excluding carboxylic acids is 1. The van der Waals surface area contributed by atoms with E-state index in [9.17, 15) is 13.2 Å². The smallest absolute Gasteiger partial charge is 0.243 e. The van der Waals surface area contributed by atoms with Gasteiger partial charge in [0.15, 0.2) is 5.78 Å². The zero-order valence-corrected chi connectivity index (χ0v) is 20.0. The highest BCUT2D eigenvalue weighted by Crippen LogP contribution is 2.28. The van der Waals surface area contributed by atoms with E-state index >= 15 is 0 Å². The maximum absolute atomic E-state index is 12.9. The van der Waals surface area contributed by atoms with Crippen molar-refractivity contribution in [2.24, 2.45) is 5.92 Å². The molecule has 1 saturated heterocycles. The molecule has 5 rings (SSSR count). The molecule has 2 N–H and O–H groups in total. The van der Waals surface area contributed by atoms with Crippen molar-refractivity contribution in [2.75, 3.05) is 13.1 Å². The minimum absolute atomic E-state index is 0.146. The summed E-state index contributed by atoms with van der Waals surface area (Å²) in [7, 11) is -3.46. The molecule has 178 valence electrons. The predicted molar refractivity (Wildman–Crippen MR) is 135 cm³/mol. The van der Waals surface area contributed by atoms with Gasteiger partial charge in [0.1, 0.15) is 5.82 Å². The monoisotopic (exact) mass is 486 g/mol. The number of H-pyrrole nitrogens is 1. The van der Waals surface area contributed by atoms with Crippen molar-refractivity contribution < 1.29 is 13.2 Å². The lowest BCUT2D eigenvalue weighted by Crippen LogP contribution is -2.38. The molecular weight excluding hydrogens is 460 g/mol. The molecular formula is C27H26N4O3S. The molecule has 1 fully saturated rings. The molecule has 0 unspecified atom stereocenters. The molecule has 0 saturated carbocycles. The lowest BCUT2D eigenvalue weighted by atomic mass is 9.91. The number of benzene rings is 2. The SMILES string of the molecule is N=C1C=C(c2ccccc2)C(=O)C=C1c1ncc(CC2CCN(S(=O)(=O)c3ccccc3)CC2)[nH]1. The highest BCUT2D eigenvalue weighted by atomic mass is 32.2. The van der Waals surface area contributed by atoms with E-state index in [0.717, 1.165) is 30.5 Å². The van der Waals surface area contributed by atoms with E-state index in [1.54, 1.807) is 40.8 Å².